The van der Waals surface area contributed by atoms with Crippen LogP contribution in [-0.4, -0.2) is 18.9 Å². The van der Waals surface area contributed by atoms with Gasteiger partial charge in [-0.3, -0.25) is 9.59 Å². The summed E-state index contributed by atoms with van der Waals surface area (Å²) in [4.78, 5) is 24.8. The predicted molar refractivity (Wildman–Crippen MR) is 105 cm³/mol. The molecule has 6 heteroatoms. The molecule has 0 aliphatic carbocycles. The highest BCUT2D eigenvalue weighted by Gasteiger charge is 2.11. The van der Waals surface area contributed by atoms with Gasteiger partial charge in [-0.05, 0) is 60.2 Å². The van der Waals surface area contributed by atoms with E-state index in [4.69, 9.17) is 4.74 Å². The van der Waals surface area contributed by atoms with E-state index in [0.29, 0.717) is 22.6 Å². The molecule has 0 spiro atoms. The van der Waals surface area contributed by atoms with Gasteiger partial charge in [-0.15, -0.1) is 0 Å². The molecule has 0 bridgehead atoms. The SMILES string of the molecule is COc1ccc(NC(=O)c2cccc(C(=O)NCc3ccc(F)cc3)c2)cc1. The average Bonchev–Trinajstić information content (AvgIpc) is 2.73. The van der Waals surface area contributed by atoms with Gasteiger partial charge in [0.1, 0.15) is 11.6 Å². The Labute approximate surface area is 162 Å². The molecule has 3 aromatic carbocycles. The Morgan fingerprint density at radius 2 is 1.54 bits per heavy atom. The fourth-order valence-corrected chi connectivity index (χ4v) is 2.57. The van der Waals surface area contributed by atoms with Crippen LogP contribution < -0.4 is 15.4 Å². The van der Waals surface area contributed by atoms with E-state index in [1.54, 1.807) is 61.7 Å². The second-order valence-corrected chi connectivity index (χ2v) is 6.07. The molecule has 0 unspecified atom stereocenters. The molecule has 0 aliphatic rings. The molecular weight excluding hydrogens is 359 g/mol. The van der Waals surface area contributed by atoms with Crippen LogP contribution >= 0.6 is 0 Å². The van der Waals surface area contributed by atoms with Gasteiger partial charge in [0.25, 0.3) is 11.8 Å². The van der Waals surface area contributed by atoms with Crippen molar-refractivity contribution in [1.82, 2.24) is 5.32 Å². The van der Waals surface area contributed by atoms with Crippen molar-refractivity contribution in [2.75, 3.05) is 12.4 Å². The zero-order valence-corrected chi connectivity index (χ0v) is 15.2. The summed E-state index contributed by atoms with van der Waals surface area (Å²) in [5.74, 6) is -0.273. The van der Waals surface area contributed by atoms with Crippen molar-refractivity contribution in [3.8, 4) is 5.75 Å². The number of rotatable bonds is 6. The van der Waals surface area contributed by atoms with Crippen molar-refractivity contribution < 1.29 is 18.7 Å². The minimum atomic E-state index is -0.328. The zero-order chi connectivity index (χ0) is 19.9. The summed E-state index contributed by atoms with van der Waals surface area (Å²) in [6, 6.07) is 19.3. The largest absolute Gasteiger partial charge is 0.497 e. The molecule has 0 aliphatic heterocycles. The van der Waals surface area contributed by atoms with Crippen molar-refractivity contribution in [2.45, 2.75) is 6.54 Å². The minimum absolute atomic E-state index is 0.265. The number of carbonyl (C=O) groups is 2. The first-order valence-electron chi connectivity index (χ1n) is 8.63. The van der Waals surface area contributed by atoms with E-state index < -0.39 is 0 Å². The summed E-state index contributed by atoms with van der Waals surface area (Å²) in [5.41, 5.74) is 2.13. The number of halogens is 1. The summed E-state index contributed by atoms with van der Waals surface area (Å²) < 4.78 is 18.0. The molecule has 0 heterocycles. The van der Waals surface area contributed by atoms with Crippen molar-refractivity contribution in [3.05, 3.63) is 95.3 Å². The van der Waals surface area contributed by atoms with Crippen molar-refractivity contribution in [2.24, 2.45) is 0 Å². The summed E-state index contributed by atoms with van der Waals surface area (Å²) in [6.07, 6.45) is 0. The van der Waals surface area contributed by atoms with Crippen LogP contribution in [0.3, 0.4) is 0 Å². The van der Waals surface area contributed by atoms with Gasteiger partial charge in [-0.25, -0.2) is 4.39 Å². The maximum atomic E-state index is 12.9. The Kier molecular flexibility index (Phi) is 6.01. The van der Waals surface area contributed by atoms with Gasteiger partial charge in [0.2, 0.25) is 0 Å². The van der Waals surface area contributed by atoms with Gasteiger partial charge in [0.15, 0.2) is 0 Å². The van der Waals surface area contributed by atoms with Gasteiger partial charge < -0.3 is 15.4 Å². The van der Waals surface area contributed by atoms with Crippen LogP contribution in [0.15, 0.2) is 72.8 Å². The number of amides is 2. The second kappa shape index (κ2) is 8.81. The van der Waals surface area contributed by atoms with Crippen LogP contribution in [0.2, 0.25) is 0 Å². The summed E-state index contributed by atoms with van der Waals surface area (Å²) >= 11 is 0. The average molecular weight is 378 g/mol. The maximum absolute atomic E-state index is 12.9. The maximum Gasteiger partial charge on any atom is 0.255 e. The van der Waals surface area contributed by atoms with E-state index >= 15 is 0 Å². The summed E-state index contributed by atoms with van der Waals surface area (Å²) in [6.45, 7) is 0.265. The molecule has 0 saturated heterocycles. The molecular formula is C22H19FN2O3. The lowest BCUT2D eigenvalue weighted by atomic mass is 10.1. The Bertz CT molecular complexity index is 970. The number of methoxy groups -OCH3 is 1. The predicted octanol–water partition coefficient (Wildman–Crippen LogP) is 4.02. The first-order valence-corrected chi connectivity index (χ1v) is 8.63. The van der Waals surface area contributed by atoms with Crippen molar-refractivity contribution >= 4 is 17.5 Å². The molecule has 2 N–H and O–H groups in total. The minimum Gasteiger partial charge on any atom is -0.497 e. The highest BCUT2D eigenvalue weighted by molar-refractivity contribution is 6.06. The van der Waals surface area contributed by atoms with Crippen LogP contribution in [0.4, 0.5) is 10.1 Å². The van der Waals surface area contributed by atoms with Crippen LogP contribution in [-0.2, 0) is 6.54 Å². The first kappa shape index (κ1) is 19.1. The van der Waals surface area contributed by atoms with Gasteiger partial charge >= 0.3 is 0 Å². The van der Waals surface area contributed by atoms with Crippen LogP contribution in [0, 0.1) is 5.82 Å². The van der Waals surface area contributed by atoms with Gasteiger partial charge in [0.05, 0.1) is 7.11 Å². The number of hydrogen-bond donors (Lipinski definition) is 2. The monoisotopic (exact) mass is 378 g/mol. The molecule has 0 saturated carbocycles. The molecule has 0 radical (unpaired) electrons. The summed E-state index contributed by atoms with van der Waals surface area (Å²) in [7, 11) is 1.57. The van der Waals surface area contributed by atoms with E-state index in [0.717, 1.165) is 5.56 Å². The smallest absolute Gasteiger partial charge is 0.255 e. The molecule has 142 valence electrons. The molecule has 2 amide bonds. The van der Waals surface area contributed by atoms with E-state index in [-0.39, 0.29) is 24.2 Å². The normalized spacial score (nSPS) is 10.2. The topological polar surface area (TPSA) is 67.4 Å². The first-order chi connectivity index (χ1) is 13.5. The van der Waals surface area contributed by atoms with Gasteiger partial charge in [0, 0.05) is 23.4 Å². The number of anilines is 1. The molecule has 3 aromatic rings. The third kappa shape index (κ3) is 4.94. The van der Waals surface area contributed by atoms with Crippen LogP contribution in [0.25, 0.3) is 0 Å². The third-order valence-corrected chi connectivity index (χ3v) is 4.10. The zero-order valence-electron chi connectivity index (χ0n) is 15.2. The lowest BCUT2D eigenvalue weighted by Crippen LogP contribution is -2.23. The molecule has 0 atom stereocenters. The number of benzene rings is 3. The quantitative estimate of drug-likeness (QED) is 0.681. The lowest BCUT2D eigenvalue weighted by Gasteiger charge is -2.09. The highest BCUT2D eigenvalue weighted by atomic mass is 19.1. The number of ether oxygens (including phenoxy) is 1. The van der Waals surface area contributed by atoms with E-state index in [9.17, 15) is 14.0 Å². The number of nitrogens with one attached hydrogen (secondary N) is 2. The number of hydrogen-bond acceptors (Lipinski definition) is 3. The fourth-order valence-electron chi connectivity index (χ4n) is 2.57. The van der Waals surface area contributed by atoms with E-state index in [2.05, 4.69) is 10.6 Å². The molecule has 5 nitrogen and oxygen atoms in total. The third-order valence-electron chi connectivity index (χ3n) is 4.10. The molecule has 0 fully saturated rings. The van der Waals surface area contributed by atoms with Gasteiger partial charge in [-0.1, -0.05) is 18.2 Å². The van der Waals surface area contributed by atoms with Crippen molar-refractivity contribution in [1.29, 1.82) is 0 Å². The Morgan fingerprint density at radius 1 is 0.893 bits per heavy atom. The van der Waals surface area contributed by atoms with Crippen LogP contribution in [0.1, 0.15) is 26.3 Å². The molecule has 3 rings (SSSR count). The second-order valence-electron chi connectivity index (χ2n) is 6.07. The fraction of sp³-hybridized carbons (Fsp3) is 0.0909. The Balaban J connectivity index is 1.64. The Hall–Kier alpha value is -3.67. The standard InChI is InChI=1S/C22H19FN2O3/c1-28-20-11-9-19(10-12-20)25-22(27)17-4-2-3-16(13-17)21(26)24-14-15-5-7-18(23)8-6-15/h2-13H,14H2,1H3,(H,24,26)(H,25,27). The van der Waals surface area contributed by atoms with Crippen LogP contribution in [0.5, 0.6) is 5.75 Å². The lowest BCUT2D eigenvalue weighted by molar-refractivity contribution is 0.0951. The number of carbonyl (C=O) groups excluding carboxylic acids is 2. The molecule has 0 aromatic heterocycles. The summed E-state index contributed by atoms with van der Waals surface area (Å²) in [5, 5.41) is 5.53. The van der Waals surface area contributed by atoms with E-state index in [1.807, 2.05) is 0 Å². The van der Waals surface area contributed by atoms with E-state index in [1.165, 1.54) is 18.2 Å². The van der Waals surface area contributed by atoms with Crippen molar-refractivity contribution in [3.63, 3.8) is 0 Å². The molecule has 28 heavy (non-hydrogen) atoms. The Morgan fingerprint density at radius 3 is 2.18 bits per heavy atom. The highest BCUT2D eigenvalue weighted by Crippen LogP contribution is 2.16. The van der Waals surface area contributed by atoms with Gasteiger partial charge in [-0.2, -0.15) is 0 Å².